The molecule has 1 fully saturated rings. The van der Waals surface area contributed by atoms with Gasteiger partial charge in [0.05, 0.1) is 0 Å². The first-order valence-corrected chi connectivity index (χ1v) is 4.68. The fourth-order valence-electron chi connectivity index (χ4n) is 1.76. The molecule has 1 saturated heterocycles. The summed E-state index contributed by atoms with van der Waals surface area (Å²) in [6.07, 6.45) is 3.57. The third-order valence-corrected chi connectivity index (χ3v) is 2.55. The summed E-state index contributed by atoms with van der Waals surface area (Å²) in [5.41, 5.74) is 1.11. The van der Waals surface area contributed by atoms with Gasteiger partial charge in [-0.25, -0.2) is 0 Å². The molecule has 0 atom stereocenters. The smallest absolute Gasteiger partial charge is 0.0435 e. The Morgan fingerprint density at radius 2 is 2.08 bits per heavy atom. The lowest BCUT2D eigenvalue weighted by Crippen LogP contribution is -2.26. The molecule has 2 heterocycles. The Balaban J connectivity index is 2.03. The second-order valence-corrected chi connectivity index (χ2v) is 3.44. The number of halogens is 1. The van der Waals surface area contributed by atoms with Crippen molar-refractivity contribution >= 4 is 0 Å². The van der Waals surface area contributed by atoms with Gasteiger partial charge in [0.15, 0.2) is 0 Å². The Morgan fingerprint density at radius 3 is 2.69 bits per heavy atom. The molecule has 0 spiro atoms. The summed E-state index contributed by atoms with van der Waals surface area (Å²) in [5.74, 6) is 0.452. The molecule has 1 aliphatic rings. The Bertz CT molecular complexity index is 255. The second-order valence-electron chi connectivity index (χ2n) is 3.44. The fraction of sp³-hybridized carbons (Fsp3) is 0.500. The van der Waals surface area contributed by atoms with Crippen molar-refractivity contribution in [1.29, 1.82) is 0 Å². The van der Waals surface area contributed by atoms with E-state index in [2.05, 4.69) is 4.98 Å². The lowest BCUT2D eigenvalue weighted by Gasteiger charge is -2.25. The first-order valence-electron chi connectivity index (χ1n) is 4.68. The predicted octanol–water partition coefficient (Wildman–Crippen LogP) is 2.15. The zero-order valence-corrected chi connectivity index (χ0v) is 7.49. The molecule has 0 aliphatic carbocycles. The lowest BCUT2D eigenvalue weighted by atomic mass is 9.94. The van der Waals surface area contributed by atoms with E-state index in [-0.39, 0.29) is 0 Å². The number of rotatable bonds is 1. The summed E-state index contributed by atoms with van der Waals surface area (Å²) >= 11 is 0. The van der Waals surface area contributed by atoms with E-state index >= 15 is 0 Å². The van der Waals surface area contributed by atoms with E-state index in [1.165, 1.54) is 0 Å². The normalized spacial score (nSPS) is 20.4. The van der Waals surface area contributed by atoms with Gasteiger partial charge in [-0.05, 0) is 25.0 Å². The molecule has 0 N–H and O–H groups in total. The average Bonchev–Trinajstić information content (AvgIpc) is 2.20. The van der Waals surface area contributed by atoms with Gasteiger partial charge in [-0.3, -0.25) is 4.98 Å². The van der Waals surface area contributed by atoms with E-state index in [1.54, 1.807) is 6.20 Å². The number of hydrogen-bond donors (Lipinski definition) is 0. The van der Waals surface area contributed by atoms with Gasteiger partial charge < -0.3 is 0 Å². The molecule has 2 rings (SSSR count). The first-order chi connectivity index (χ1) is 6.36. The zero-order chi connectivity index (χ0) is 9.10. The van der Waals surface area contributed by atoms with Crippen molar-refractivity contribution in [2.45, 2.75) is 18.8 Å². The van der Waals surface area contributed by atoms with Crippen molar-refractivity contribution < 1.29 is 4.48 Å². The van der Waals surface area contributed by atoms with Crippen LogP contribution in [0.2, 0.25) is 0 Å². The van der Waals surface area contributed by atoms with Gasteiger partial charge in [-0.2, -0.15) is 0 Å². The maximum absolute atomic E-state index is 12.7. The summed E-state index contributed by atoms with van der Waals surface area (Å²) in [7, 11) is 0. The predicted molar refractivity (Wildman–Crippen MR) is 48.9 cm³/mol. The molecular weight excluding hydrogens is 167 g/mol. The number of piperidine rings is 1. The van der Waals surface area contributed by atoms with Crippen molar-refractivity contribution in [3.05, 3.63) is 30.1 Å². The molecule has 0 aromatic carbocycles. The molecule has 0 bridgehead atoms. The molecule has 0 radical (unpaired) electrons. The topological polar surface area (TPSA) is 16.1 Å². The highest BCUT2D eigenvalue weighted by atomic mass is 19.2. The van der Waals surface area contributed by atoms with Crippen LogP contribution in [0.5, 0.6) is 0 Å². The number of nitrogens with zero attached hydrogens (tertiary/aromatic N) is 2. The highest BCUT2D eigenvalue weighted by Crippen LogP contribution is 2.25. The minimum absolute atomic E-state index is 0.452. The van der Waals surface area contributed by atoms with E-state index in [9.17, 15) is 4.48 Å². The van der Waals surface area contributed by atoms with Crippen LogP contribution in [-0.2, 0) is 0 Å². The van der Waals surface area contributed by atoms with Crippen LogP contribution in [-0.4, -0.2) is 23.2 Å². The monoisotopic (exact) mass is 180 g/mol. The fourth-order valence-corrected chi connectivity index (χ4v) is 1.76. The van der Waals surface area contributed by atoms with E-state index in [0.717, 1.165) is 23.7 Å². The van der Waals surface area contributed by atoms with Crippen molar-refractivity contribution in [3.63, 3.8) is 0 Å². The highest BCUT2D eigenvalue weighted by molar-refractivity contribution is 5.10. The van der Waals surface area contributed by atoms with Crippen LogP contribution in [0, 0.1) is 0 Å². The van der Waals surface area contributed by atoms with Crippen molar-refractivity contribution in [3.8, 4) is 0 Å². The highest BCUT2D eigenvalue weighted by Gasteiger charge is 2.20. The van der Waals surface area contributed by atoms with Crippen LogP contribution in [0.3, 0.4) is 0 Å². The van der Waals surface area contributed by atoms with Gasteiger partial charge in [0, 0.05) is 30.9 Å². The molecule has 1 aliphatic heterocycles. The summed E-state index contributed by atoms with van der Waals surface area (Å²) in [5, 5.41) is 0.888. The third-order valence-electron chi connectivity index (χ3n) is 2.55. The Morgan fingerprint density at radius 1 is 1.31 bits per heavy atom. The molecule has 1 aromatic heterocycles. The molecule has 3 heteroatoms. The van der Waals surface area contributed by atoms with E-state index in [1.807, 2.05) is 18.2 Å². The SMILES string of the molecule is FN1CCC(c2ccccn2)CC1. The Hall–Kier alpha value is -0.960. The van der Waals surface area contributed by atoms with Crippen LogP contribution < -0.4 is 0 Å². The van der Waals surface area contributed by atoms with Gasteiger partial charge in [0.25, 0.3) is 0 Å². The van der Waals surface area contributed by atoms with E-state index < -0.39 is 0 Å². The van der Waals surface area contributed by atoms with Crippen LogP contribution in [0.15, 0.2) is 24.4 Å². The maximum atomic E-state index is 12.7. The summed E-state index contributed by atoms with van der Waals surface area (Å²) in [4.78, 5) is 4.29. The molecule has 1 aromatic rings. The van der Waals surface area contributed by atoms with Gasteiger partial charge in [0.2, 0.25) is 0 Å². The molecule has 2 nitrogen and oxygen atoms in total. The van der Waals surface area contributed by atoms with Crippen LogP contribution in [0.4, 0.5) is 4.48 Å². The number of pyridine rings is 1. The second kappa shape index (κ2) is 3.83. The largest absolute Gasteiger partial charge is 0.261 e. The molecular formula is C10H13FN2. The summed E-state index contributed by atoms with van der Waals surface area (Å²) in [6, 6.07) is 5.93. The molecule has 0 unspecified atom stereocenters. The Labute approximate surface area is 77.3 Å². The molecule has 13 heavy (non-hydrogen) atoms. The average molecular weight is 180 g/mol. The van der Waals surface area contributed by atoms with E-state index in [4.69, 9.17) is 0 Å². The van der Waals surface area contributed by atoms with Crippen LogP contribution in [0.1, 0.15) is 24.5 Å². The van der Waals surface area contributed by atoms with Gasteiger partial charge in [-0.15, -0.1) is 9.60 Å². The maximum Gasteiger partial charge on any atom is 0.0435 e. The minimum atomic E-state index is 0.452. The summed E-state index contributed by atoms with van der Waals surface area (Å²) < 4.78 is 12.7. The van der Waals surface area contributed by atoms with Gasteiger partial charge in [0.1, 0.15) is 0 Å². The number of hydrogen-bond acceptors (Lipinski definition) is 2. The molecule has 0 amide bonds. The van der Waals surface area contributed by atoms with Crippen LogP contribution >= 0.6 is 0 Å². The first kappa shape index (κ1) is 8.63. The summed E-state index contributed by atoms with van der Waals surface area (Å²) in [6.45, 7) is 1.09. The van der Waals surface area contributed by atoms with E-state index in [0.29, 0.717) is 19.0 Å². The minimum Gasteiger partial charge on any atom is -0.261 e. The lowest BCUT2D eigenvalue weighted by molar-refractivity contribution is 0.000375. The van der Waals surface area contributed by atoms with Gasteiger partial charge >= 0.3 is 0 Å². The molecule has 70 valence electrons. The zero-order valence-electron chi connectivity index (χ0n) is 7.49. The standard InChI is InChI=1S/C10H13FN2/c11-13-7-4-9(5-8-13)10-3-1-2-6-12-10/h1-3,6,9H,4-5,7-8H2. The van der Waals surface area contributed by atoms with Crippen LogP contribution in [0.25, 0.3) is 0 Å². The molecule has 0 saturated carbocycles. The Kier molecular flexibility index (Phi) is 2.54. The van der Waals surface area contributed by atoms with Gasteiger partial charge in [-0.1, -0.05) is 6.07 Å². The quantitative estimate of drug-likeness (QED) is 0.615. The van der Waals surface area contributed by atoms with Crippen molar-refractivity contribution in [2.24, 2.45) is 0 Å². The van der Waals surface area contributed by atoms with Crippen molar-refractivity contribution in [1.82, 2.24) is 10.1 Å². The third kappa shape index (κ3) is 2.04. The number of aromatic nitrogens is 1. The van der Waals surface area contributed by atoms with Crippen molar-refractivity contribution in [2.75, 3.05) is 13.1 Å².